The molecule has 2 atom stereocenters. The quantitative estimate of drug-likeness (QED) is 0.849. The summed E-state index contributed by atoms with van der Waals surface area (Å²) in [5.41, 5.74) is -0.121. The summed E-state index contributed by atoms with van der Waals surface area (Å²) < 4.78 is 25.2. The van der Waals surface area contributed by atoms with E-state index in [1.807, 2.05) is 12.1 Å². The molecule has 4 rings (SSSR count). The van der Waals surface area contributed by atoms with E-state index in [9.17, 15) is 4.39 Å². The summed E-state index contributed by atoms with van der Waals surface area (Å²) in [5.74, 6) is 0.900. The fourth-order valence-corrected chi connectivity index (χ4v) is 3.80. The van der Waals surface area contributed by atoms with Gasteiger partial charge < -0.3 is 14.4 Å². The Labute approximate surface area is 146 Å². The zero-order valence-electron chi connectivity index (χ0n) is 14.0. The van der Waals surface area contributed by atoms with Crippen molar-refractivity contribution < 1.29 is 13.9 Å². The van der Waals surface area contributed by atoms with Crippen LogP contribution in [0.5, 0.6) is 5.75 Å². The second kappa shape index (κ2) is 6.92. The number of hydrogen-bond acceptors (Lipinski definition) is 6. The molecule has 2 fully saturated rings. The van der Waals surface area contributed by atoms with Gasteiger partial charge in [0.2, 0.25) is 5.95 Å². The molecule has 0 aromatic carbocycles. The Morgan fingerprint density at radius 3 is 3.00 bits per heavy atom. The molecule has 2 aromatic heterocycles. The summed E-state index contributed by atoms with van der Waals surface area (Å²) in [4.78, 5) is 14.5. The third kappa shape index (κ3) is 3.42. The van der Waals surface area contributed by atoms with E-state index in [0.717, 1.165) is 44.7 Å². The number of hydrogen-bond donors (Lipinski definition) is 0. The molecule has 6 nitrogen and oxygen atoms in total. The van der Waals surface area contributed by atoms with Crippen LogP contribution in [-0.4, -0.2) is 47.4 Å². The number of rotatable bonds is 4. The van der Waals surface area contributed by atoms with Crippen molar-refractivity contribution in [3.63, 3.8) is 0 Å². The maximum Gasteiger partial charge on any atom is 0.225 e. The third-order valence-corrected chi connectivity index (χ3v) is 5.04. The third-order valence-electron chi connectivity index (χ3n) is 5.04. The van der Waals surface area contributed by atoms with Gasteiger partial charge in [-0.15, -0.1) is 0 Å². The normalized spacial score (nSPS) is 26.1. The van der Waals surface area contributed by atoms with E-state index in [4.69, 9.17) is 9.47 Å². The van der Waals surface area contributed by atoms with E-state index in [2.05, 4.69) is 19.9 Å². The summed E-state index contributed by atoms with van der Waals surface area (Å²) in [5, 5.41) is 0. The topological polar surface area (TPSA) is 60.4 Å². The molecule has 0 radical (unpaired) electrons. The van der Waals surface area contributed by atoms with Crippen LogP contribution in [0.3, 0.4) is 0 Å². The first-order valence-electron chi connectivity index (χ1n) is 8.62. The van der Waals surface area contributed by atoms with Gasteiger partial charge in [-0.05, 0) is 31.4 Å². The van der Waals surface area contributed by atoms with E-state index in [-0.39, 0.29) is 11.5 Å². The molecular formula is C18H21FN4O2. The SMILES string of the molecule is Fc1cnc(N2CCC3OCCCC3(COc3cccnc3)C2)nc1. The van der Waals surface area contributed by atoms with Gasteiger partial charge in [-0.3, -0.25) is 4.98 Å². The van der Waals surface area contributed by atoms with Crippen molar-refractivity contribution in [1.82, 2.24) is 15.0 Å². The van der Waals surface area contributed by atoms with Crippen LogP contribution in [0.2, 0.25) is 0 Å². The van der Waals surface area contributed by atoms with E-state index >= 15 is 0 Å². The van der Waals surface area contributed by atoms with Crippen LogP contribution in [0.25, 0.3) is 0 Å². The molecule has 0 N–H and O–H groups in total. The van der Waals surface area contributed by atoms with E-state index in [1.165, 1.54) is 12.4 Å². The molecule has 0 spiro atoms. The number of ether oxygens (including phenoxy) is 2. The maximum absolute atomic E-state index is 13.1. The van der Waals surface area contributed by atoms with Crippen LogP contribution in [0.15, 0.2) is 36.9 Å². The Hall–Kier alpha value is -2.28. The molecular weight excluding hydrogens is 323 g/mol. The lowest BCUT2D eigenvalue weighted by atomic mass is 9.73. The van der Waals surface area contributed by atoms with Crippen molar-refractivity contribution >= 4 is 5.95 Å². The number of halogens is 1. The predicted molar refractivity (Wildman–Crippen MR) is 90.0 cm³/mol. The Bertz CT molecular complexity index is 700. The molecule has 2 saturated heterocycles. The van der Waals surface area contributed by atoms with Crippen molar-refractivity contribution in [3.05, 3.63) is 42.7 Å². The minimum Gasteiger partial charge on any atom is -0.491 e. The van der Waals surface area contributed by atoms with Gasteiger partial charge >= 0.3 is 0 Å². The molecule has 132 valence electrons. The van der Waals surface area contributed by atoms with Crippen LogP contribution >= 0.6 is 0 Å². The number of pyridine rings is 1. The first-order valence-corrected chi connectivity index (χ1v) is 8.62. The van der Waals surface area contributed by atoms with E-state index in [0.29, 0.717) is 12.6 Å². The van der Waals surface area contributed by atoms with Gasteiger partial charge in [0.1, 0.15) is 5.75 Å². The molecule has 25 heavy (non-hydrogen) atoms. The molecule has 0 saturated carbocycles. The van der Waals surface area contributed by atoms with Crippen LogP contribution in [-0.2, 0) is 4.74 Å². The zero-order chi connectivity index (χ0) is 17.1. The average molecular weight is 344 g/mol. The highest BCUT2D eigenvalue weighted by Crippen LogP contribution is 2.41. The Morgan fingerprint density at radius 1 is 1.32 bits per heavy atom. The molecule has 2 aromatic rings. The highest BCUT2D eigenvalue weighted by Gasteiger charge is 2.47. The summed E-state index contributed by atoms with van der Waals surface area (Å²) >= 11 is 0. The number of aromatic nitrogens is 3. The fourth-order valence-electron chi connectivity index (χ4n) is 3.80. The van der Waals surface area contributed by atoms with Gasteiger partial charge in [0.25, 0.3) is 0 Å². The lowest BCUT2D eigenvalue weighted by Gasteiger charge is -2.50. The molecule has 0 bridgehead atoms. The summed E-state index contributed by atoms with van der Waals surface area (Å²) in [6.07, 6.45) is 8.95. The molecule has 2 aliphatic heterocycles. The minimum absolute atomic E-state index is 0.121. The second-order valence-corrected chi connectivity index (χ2v) is 6.71. The molecule has 0 amide bonds. The van der Waals surface area contributed by atoms with Crippen molar-refractivity contribution in [3.8, 4) is 5.75 Å². The molecule has 2 unspecified atom stereocenters. The maximum atomic E-state index is 13.1. The fraction of sp³-hybridized carbons (Fsp3) is 0.500. The Morgan fingerprint density at radius 2 is 2.20 bits per heavy atom. The van der Waals surface area contributed by atoms with Gasteiger partial charge in [-0.2, -0.15) is 0 Å². The van der Waals surface area contributed by atoms with Crippen LogP contribution in [0, 0.1) is 11.2 Å². The van der Waals surface area contributed by atoms with Gasteiger partial charge in [0.05, 0.1) is 31.3 Å². The number of anilines is 1. The largest absolute Gasteiger partial charge is 0.491 e. The smallest absolute Gasteiger partial charge is 0.225 e. The Kier molecular flexibility index (Phi) is 4.48. The van der Waals surface area contributed by atoms with Gasteiger partial charge in [-0.1, -0.05) is 0 Å². The number of piperidine rings is 1. The molecule has 0 aliphatic carbocycles. The predicted octanol–water partition coefficient (Wildman–Crippen LogP) is 2.47. The monoisotopic (exact) mass is 344 g/mol. The van der Waals surface area contributed by atoms with Crippen LogP contribution in [0.1, 0.15) is 19.3 Å². The zero-order valence-corrected chi connectivity index (χ0v) is 14.0. The van der Waals surface area contributed by atoms with Gasteiger partial charge in [0, 0.05) is 31.3 Å². The minimum atomic E-state index is -0.422. The summed E-state index contributed by atoms with van der Waals surface area (Å²) in [6.45, 7) is 2.89. The first kappa shape index (κ1) is 16.2. The van der Waals surface area contributed by atoms with Crippen molar-refractivity contribution in [2.45, 2.75) is 25.4 Å². The average Bonchev–Trinajstić information content (AvgIpc) is 2.67. The summed E-state index contributed by atoms with van der Waals surface area (Å²) in [6, 6.07) is 3.77. The van der Waals surface area contributed by atoms with Gasteiger partial charge in [-0.25, -0.2) is 14.4 Å². The van der Waals surface area contributed by atoms with Crippen molar-refractivity contribution in [2.75, 3.05) is 31.2 Å². The lowest BCUT2D eigenvalue weighted by molar-refractivity contribution is -0.110. The van der Waals surface area contributed by atoms with Crippen molar-refractivity contribution in [2.24, 2.45) is 5.41 Å². The van der Waals surface area contributed by atoms with Crippen LogP contribution < -0.4 is 9.64 Å². The standard InChI is InChI=1S/C18H21FN4O2/c19-14-9-21-17(22-10-14)23-7-4-16-18(12-23,5-2-8-24-16)13-25-15-3-1-6-20-11-15/h1,3,6,9-11,16H,2,4-5,7-8,12-13H2. The van der Waals surface area contributed by atoms with E-state index in [1.54, 1.807) is 12.4 Å². The summed E-state index contributed by atoms with van der Waals surface area (Å²) in [7, 11) is 0. The lowest BCUT2D eigenvalue weighted by Crippen LogP contribution is -2.57. The second-order valence-electron chi connectivity index (χ2n) is 6.71. The highest BCUT2D eigenvalue weighted by atomic mass is 19.1. The first-order chi connectivity index (χ1) is 12.3. The van der Waals surface area contributed by atoms with Crippen molar-refractivity contribution in [1.29, 1.82) is 0 Å². The van der Waals surface area contributed by atoms with Gasteiger partial charge in [0.15, 0.2) is 5.82 Å². The molecule has 2 aliphatic rings. The van der Waals surface area contributed by atoms with Crippen LogP contribution in [0.4, 0.5) is 10.3 Å². The Balaban J connectivity index is 1.53. The molecule has 7 heteroatoms. The number of nitrogens with zero attached hydrogens (tertiary/aromatic N) is 4. The van der Waals surface area contributed by atoms with E-state index < -0.39 is 5.82 Å². The molecule has 4 heterocycles. The number of fused-ring (bicyclic) bond motifs is 1. The highest BCUT2D eigenvalue weighted by molar-refractivity contribution is 5.31.